The van der Waals surface area contributed by atoms with Crippen LogP contribution in [-0.2, 0) is 9.47 Å². The number of carbonyl (C=O) groups is 1. The topological polar surface area (TPSA) is 76.0 Å². The number of hydrogen-bond acceptors (Lipinski definition) is 4. The fraction of sp³-hybridized carbons (Fsp3) is 0.364. The van der Waals surface area contributed by atoms with Crippen molar-refractivity contribution in [1.29, 1.82) is 0 Å². The maximum absolute atomic E-state index is 10.2. The predicted octanol–water partition coefficient (Wildman–Crippen LogP) is 0.736. The third-order valence-corrected chi connectivity index (χ3v) is 1.81. The van der Waals surface area contributed by atoms with E-state index in [1.807, 2.05) is 0 Å². The van der Waals surface area contributed by atoms with Crippen molar-refractivity contribution in [3.8, 4) is 0 Å². The van der Waals surface area contributed by atoms with Gasteiger partial charge < -0.3 is 19.7 Å². The standard InChI is InChI=1S/C7H6O2.C4H8O3/c8-7(9)6-4-2-1-3-5-6;5-4-1-6-3-7-2-4/h1-5H,(H,8,9);4-5H,1-3H2. The Labute approximate surface area is 93.2 Å². The molecule has 1 aromatic rings. The van der Waals surface area contributed by atoms with Crippen LogP contribution in [0, 0.1) is 0 Å². The van der Waals surface area contributed by atoms with Gasteiger partial charge in [-0.15, -0.1) is 0 Å². The summed E-state index contributed by atoms with van der Waals surface area (Å²) in [4.78, 5) is 10.2. The first-order valence-corrected chi connectivity index (χ1v) is 4.82. The van der Waals surface area contributed by atoms with E-state index in [-0.39, 0.29) is 0 Å². The molecule has 0 bridgehead atoms. The molecule has 0 saturated carbocycles. The van der Waals surface area contributed by atoms with Crippen LogP contribution < -0.4 is 0 Å². The quantitative estimate of drug-likeness (QED) is 0.738. The number of hydrogen-bond donors (Lipinski definition) is 2. The Morgan fingerprint density at radius 1 is 1.19 bits per heavy atom. The Kier molecular flexibility index (Phi) is 5.49. The van der Waals surface area contributed by atoms with Crippen molar-refractivity contribution in [2.24, 2.45) is 0 Å². The molecule has 5 nitrogen and oxygen atoms in total. The summed E-state index contributed by atoms with van der Waals surface area (Å²) in [5, 5.41) is 17.0. The van der Waals surface area contributed by atoms with Gasteiger partial charge in [-0.25, -0.2) is 4.79 Å². The normalized spacial score (nSPS) is 16.1. The lowest BCUT2D eigenvalue weighted by molar-refractivity contribution is -0.150. The third-order valence-electron chi connectivity index (χ3n) is 1.81. The Hall–Kier alpha value is -1.43. The van der Waals surface area contributed by atoms with E-state index in [9.17, 15) is 4.79 Å². The summed E-state index contributed by atoms with van der Waals surface area (Å²) in [6, 6.07) is 8.30. The summed E-state index contributed by atoms with van der Waals surface area (Å²) >= 11 is 0. The number of aliphatic hydroxyl groups excluding tert-OH is 1. The molecule has 1 fully saturated rings. The fourth-order valence-corrected chi connectivity index (χ4v) is 1.06. The van der Waals surface area contributed by atoms with Crippen molar-refractivity contribution in [1.82, 2.24) is 0 Å². The average molecular weight is 226 g/mol. The first-order valence-electron chi connectivity index (χ1n) is 4.82. The second-order valence-corrected chi connectivity index (χ2v) is 3.18. The molecule has 2 N–H and O–H groups in total. The SMILES string of the molecule is O=C(O)c1ccccc1.OC1COCOC1. The number of aromatic carboxylic acids is 1. The van der Waals surface area contributed by atoms with Gasteiger partial charge in [-0.2, -0.15) is 0 Å². The van der Waals surface area contributed by atoms with E-state index >= 15 is 0 Å². The minimum absolute atomic E-state index is 0.330. The van der Waals surface area contributed by atoms with E-state index in [1.165, 1.54) is 0 Å². The monoisotopic (exact) mass is 226 g/mol. The van der Waals surface area contributed by atoms with Gasteiger partial charge in [-0.05, 0) is 12.1 Å². The van der Waals surface area contributed by atoms with E-state index in [4.69, 9.17) is 19.7 Å². The lowest BCUT2D eigenvalue weighted by Crippen LogP contribution is -2.28. The van der Waals surface area contributed by atoms with Gasteiger partial charge in [0, 0.05) is 0 Å². The van der Waals surface area contributed by atoms with Gasteiger partial charge in [0.2, 0.25) is 0 Å². The van der Waals surface area contributed by atoms with Gasteiger partial charge in [-0.1, -0.05) is 18.2 Å². The molecule has 1 aliphatic heterocycles. The summed E-state index contributed by atoms with van der Waals surface area (Å²) in [5.74, 6) is -0.879. The number of carboxylic acid groups (broad SMARTS) is 1. The van der Waals surface area contributed by atoms with E-state index in [0.717, 1.165) is 0 Å². The van der Waals surface area contributed by atoms with Gasteiger partial charge >= 0.3 is 5.97 Å². The van der Waals surface area contributed by atoms with Crippen LogP contribution in [0.5, 0.6) is 0 Å². The molecule has 0 unspecified atom stereocenters. The molecule has 1 aromatic carbocycles. The van der Waals surface area contributed by atoms with E-state index in [2.05, 4.69) is 0 Å². The maximum Gasteiger partial charge on any atom is 0.335 e. The molecule has 5 heteroatoms. The zero-order valence-corrected chi connectivity index (χ0v) is 8.70. The Bertz CT molecular complexity index is 305. The van der Waals surface area contributed by atoms with Crippen LogP contribution in [0.15, 0.2) is 30.3 Å². The van der Waals surface area contributed by atoms with Crippen molar-refractivity contribution in [2.45, 2.75) is 6.10 Å². The van der Waals surface area contributed by atoms with Gasteiger partial charge in [0.05, 0.1) is 18.8 Å². The van der Waals surface area contributed by atoms with E-state index < -0.39 is 12.1 Å². The van der Waals surface area contributed by atoms with Crippen LogP contribution in [0.2, 0.25) is 0 Å². The fourth-order valence-electron chi connectivity index (χ4n) is 1.06. The molecule has 1 saturated heterocycles. The van der Waals surface area contributed by atoms with Crippen LogP contribution in [0.4, 0.5) is 0 Å². The molecule has 0 aromatic heterocycles. The van der Waals surface area contributed by atoms with E-state index in [0.29, 0.717) is 25.6 Å². The molecular formula is C11H14O5. The van der Waals surface area contributed by atoms with Gasteiger partial charge in [0.25, 0.3) is 0 Å². The Morgan fingerprint density at radius 2 is 1.75 bits per heavy atom. The Morgan fingerprint density at radius 3 is 2.06 bits per heavy atom. The molecule has 16 heavy (non-hydrogen) atoms. The van der Waals surface area contributed by atoms with Crippen molar-refractivity contribution in [2.75, 3.05) is 20.0 Å². The van der Waals surface area contributed by atoms with Gasteiger partial charge in [0.15, 0.2) is 0 Å². The highest BCUT2D eigenvalue weighted by atomic mass is 16.7. The summed E-state index contributed by atoms with van der Waals surface area (Å²) in [5.41, 5.74) is 0.331. The smallest absolute Gasteiger partial charge is 0.335 e. The predicted molar refractivity (Wildman–Crippen MR) is 56.2 cm³/mol. The molecule has 1 aliphatic rings. The highest BCUT2D eigenvalue weighted by Gasteiger charge is 2.08. The summed E-state index contributed by atoms with van der Waals surface area (Å²) in [6.07, 6.45) is -0.409. The molecule has 0 amide bonds. The largest absolute Gasteiger partial charge is 0.478 e. The molecule has 0 atom stereocenters. The first kappa shape index (κ1) is 12.6. The molecule has 2 rings (SSSR count). The lowest BCUT2D eigenvalue weighted by Gasteiger charge is -2.16. The second kappa shape index (κ2) is 6.95. The number of aliphatic hydroxyl groups is 1. The zero-order valence-electron chi connectivity index (χ0n) is 8.70. The maximum atomic E-state index is 10.2. The van der Waals surface area contributed by atoms with Crippen molar-refractivity contribution in [3.05, 3.63) is 35.9 Å². The molecule has 1 heterocycles. The second-order valence-electron chi connectivity index (χ2n) is 3.18. The van der Waals surface area contributed by atoms with Crippen molar-refractivity contribution >= 4 is 5.97 Å². The van der Waals surface area contributed by atoms with Gasteiger partial charge in [0.1, 0.15) is 12.9 Å². The highest BCUT2D eigenvalue weighted by Crippen LogP contribution is 1.96. The van der Waals surface area contributed by atoms with Crippen LogP contribution in [0.3, 0.4) is 0 Å². The third kappa shape index (κ3) is 4.88. The number of ether oxygens (including phenoxy) is 2. The van der Waals surface area contributed by atoms with E-state index in [1.54, 1.807) is 30.3 Å². The van der Waals surface area contributed by atoms with Crippen molar-refractivity contribution < 1.29 is 24.5 Å². The van der Waals surface area contributed by atoms with Crippen LogP contribution >= 0.6 is 0 Å². The lowest BCUT2D eigenvalue weighted by atomic mass is 10.2. The highest BCUT2D eigenvalue weighted by molar-refractivity contribution is 5.87. The van der Waals surface area contributed by atoms with Crippen LogP contribution in [-0.4, -0.2) is 42.3 Å². The molecule has 0 spiro atoms. The number of carboxylic acids is 1. The van der Waals surface area contributed by atoms with Gasteiger partial charge in [-0.3, -0.25) is 0 Å². The molecule has 0 radical (unpaired) electrons. The summed E-state index contributed by atoms with van der Waals surface area (Å²) in [7, 11) is 0. The first-order chi connectivity index (χ1) is 7.70. The minimum Gasteiger partial charge on any atom is -0.478 e. The Balaban J connectivity index is 0.000000165. The van der Waals surface area contributed by atoms with Crippen LogP contribution in [0.1, 0.15) is 10.4 Å². The summed E-state index contributed by atoms with van der Waals surface area (Å²) < 4.78 is 9.42. The average Bonchev–Trinajstić information content (AvgIpc) is 2.32. The molecule has 0 aliphatic carbocycles. The number of rotatable bonds is 1. The summed E-state index contributed by atoms with van der Waals surface area (Å²) in [6.45, 7) is 1.16. The number of benzene rings is 1. The molecular weight excluding hydrogens is 212 g/mol. The zero-order chi connectivity index (χ0) is 11.8. The van der Waals surface area contributed by atoms with Crippen molar-refractivity contribution in [3.63, 3.8) is 0 Å². The molecule has 88 valence electrons. The minimum atomic E-state index is -0.879. The van der Waals surface area contributed by atoms with Crippen LogP contribution in [0.25, 0.3) is 0 Å².